The van der Waals surface area contributed by atoms with E-state index in [-0.39, 0.29) is 47.9 Å². The summed E-state index contributed by atoms with van der Waals surface area (Å²) in [5.41, 5.74) is 1.07. The number of hydrogen-bond donors (Lipinski definition) is 13. The van der Waals surface area contributed by atoms with Gasteiger partial charge in [0.1, 0.15) is 85.5 Å². The highest BCUT2D eigenvalue weighted by molar-refractivity contribution is 5.26. The van der Waals surface area contributed by atoms with Crippen LogP contribution in [0.3, 0.4) is 0 Å². The average Bonchev–Trinajstić information content (AvgIpc) is 3.80. The van der Waals surface area contributed by atoms with E-state index in [0.717, 1.165) is 32.1 Å². The van der Waals surface area contributed by atoms with Gasteiger partial charge in [-0.05, 0) is 98.7 Å². The van der Waals surface area contributed by atoms with Crippen LogP contribution in [0, 0.1) is 46.3 Å². The summed E-state index contributed by atoms with van der Waals surface area (Å²) in [6.45, 7) is 8.82. The van der Waals surface area contributed by atoms with Crippen LogP contribution in [0.2, 0.25) is 0 Å². The SMILES string of the molecule is C[C@H](CC[C@]1(O)O[C@H]2C[C@H]3[C@@H]4CC=C5C[C@H](O[C@H]6O[C@@H](CO)[C@H](O[C@H]7OC[C@H](O)[C@@H](O)[C@@H]7O)[C@@H](O)[C@@H]6O[C@H]6O[C@@H](C)[C@H](O)[C@@H](O)[C@@H]6O)CC[C@@]5(C)[C@H]4CC[C@@]3(C)[C@H]2[C@@H]1C)CO[C@H]1O[C@@H](CO)[C@H](O)[C@@H](O)[C@@H]1O. The molecule has 3 saturated carbocycles. The number of ether oxygens (including phenoxy) is 9. The van der Waals surface area contributed by atoms with Gasteiger partial charge in [-0.3, -0.25) is 0 Å². The van der Waals surface area contributed by atoms with Crippen LogP contribution in [-0.2, 0) is 42.6 Å². The van der Waals surface area contributed by atoms with Crippen molar-refractivity contribution in [1.29, 1.82) is 0 Å². The summed E-state index contributed by atoms with van der Waals surface area (Å²) < 4.78 is 54.2. The maximum absolute atomic E-state index is 12.1. The summed E-state index contributed by atoms with van der Waals surface area (Å²) >= 11 is 0. The van der Waals surface area contributed by atoms with Crippen molar-refractivity contribution in [2.75, 3.05) is 26.4 Å². The Morgan fingerprint density at radius 3 is 2.08 bits per heavy atom. The fourth-order valence-corrected chi connectivity index (χ4v) is 14.7. The second-order valence-corrected chi connectivity index (χ2v) is 23.4. The van der Waals surface area contributed by atoms with Crippen LogP contribution in [0.4, 0.5) is 0 Å². The number of allylic oxidation sites excluding steroid dienone is 1. The second kappa shape index (κ2) is 21.6. The molecule has 4 aliphatic carbocycles. The summed E-state index contributed by atoms with van der Waals surface area (Å²) in [5.74, 6) is -0.222. The first kappa shape index (κ1) is 55.6. The zero-order valence-electron chi connectivity index (χ0n) is 41.8. The quantitative estimate of drug-likeness (QED) is 0.0809. The highest BCUT2D eigenvalue weighted by atomic mass is 16.8. The lowest BCUT2D eigenvalue weighted by Crippen LogP contribution is -2.66. The van der Waals surface area contributed by atoms with E-state index in [1.165, 1.54) is 12.5 Å². The first-order valence-electron chi connectivity index (χ1n) is 26.3. The van der Waals surface area contributed by atoms with Crippen molar-refractivity contribution in [3.63, 3.8) is 0 Å². The largest absolute Gasteiger partial charge is 0.394 e. The van der Waals surface area contributed by atoms with Gasteiger partial charge in [-0.15, -0.1) is 0 Å². The minimum Gasteiger partial charge on any atom is -0.394 e. The van der Waals surface area contributed by atoms with Gasteiger partial charge in [0.05, 0.1) is 44.7 Å². The van der Waals surface area contributed by atoms with Gasteiger partial charge in [0.15, 0.2) is 30.9 Å². The summed E-state index contributed by atoms with van der Waals surface area (Å²) in [6.07, 6.45) is -19.3. The molecule has 0 spiro atoms. The number of fused-ring (bicyclic) bond motifs is 7. The predicted molar refractivity (Wildman–Crippen MR) is 244 cm³/mol. The number of hydrogen-bond acceptors (Lipinski definition) is 22. The van der Waals surface area contributed by atoms with E-state index in [0.29, 0.717) is 43.4 Å². The van der Waals surface area contributed by atoms with E-state index in [1.54, 1.807) is 0 Å². The van der Waals surface area contributed by atoms with E-state index in [4.69, 9.17) is 42.6 Å². The van der Waals surface area contributed by atoms with Crippen LogP contribution in [0.25, 0.3) is 0 Å². The normalized spacial score (nSPS) is 55.1. The van der Waals surface area contributed by atoms with Crippen LogP contribution < -0.4 is 0 Å². The Morgan fingerprint density at radius 1 is 0.694 bits per heavy atom. The highest BCUT2D eigenvalue weighted by Crippen LogP contribution is 2.70. The summed E-state index contributed by atoms with van der Waals surface area (Å²) in [5, 5.41) is 138. The Labute approximate surface area is 419 Å². The molecule has 0 aromatic heterocycles. The van der Waals surface area contributed by atoms with Gasteiger partial charge in [-0.25, -0.2) is 0 Å². The van der Waals surface area contributed by atoms with Gasteiger partial charge >= 0.3 is 0 Å². The lowest BCUT2D eigenvalue weighted by molar-refractivity contribution is -0.385. The summed E-state index contributed by atoms with van der Waals surface area (Å²) in [4.78, 5) is 0. The van der Waals surface area contributed by atoms with Crippen LogP contribution >= 0.6 is 0 Å². The molecule has 8 fully saturated rings. The van der Waals surface area contributed by atoms with Crippen LogP contribution in [-0.4, -0.2) is 228 Å². The fourth-order valence-electron chi connectivity index (χ4n) is 14.7. The average molecular weight is 1040 g/mol. The molecule has 0 unspecified atom stereocenters. The first-order valence-corrected chi connectivity index (χ1v) is 26.3. The Balaban J connectivity index is 0.843. The van der Waals surface area contributed by atoms with Crippen molar-refractivity contribution in [2.24, 2.45) is 46.3 Å². The molecule has 0 amide bonds. The molecule has 5 heterocycles. The van der Waals surface area contributed by atoms with Gasteiger partial charge in [0.2, 0.25) is 0 Å². The molecule has 5 aliphatic heterocycles. The van der Waals surface area contributed by atoms with Crippen molar-refractivity contribution in [3.05, 3.63) is 11.6 Å². The van der Waals surface area contributed by atoms with Crippen LogP contribution in [0.15, 0.2) is 11.6 Å². The molecule has 414 valence electrons. The van der Waals surface area contributed by atoms with Gasteiger partial charge < -0.3 is 109 Å². The third kappa shape index (κ3) is 9.91. The predicted octanol–water partition coefficient (Wildman–Crippen LogP) is -2.37. The molecule has 0 aromatic rings. The summed E-state index contributed by atoms with van der Waals surface area (Å²) in [7, 11) is 0. The van der Waals surface area contributed by atoms with E-state index in [9.17, 15) is 66.4 Å². The van der Waals surface area contributed by atoms with Crippen molar-refractivity contribution < 1.29 is 109 Å². The Morgan fingerprint density at radius 2 is 1.36 bits per heavy atom. The molecule has 30 atom stereocenters. The lowest BCUT2D eigenvalue weighted by atomic mass is 9.47. The first-order chi connectivity index (χ1) is 34.0. The molecule has 0 radical (unpaired) electrons. The van der Waals surface area contributed by atoms with E-state index in [1.807, 2.05) is 6.92 Å². The second-order valence-electron chi connectivity index (χ2n) is 23.4. The molecule has 9 rings (SSSR count). The zero-order chi connectivity index (χ0) is 51.9. The van der Waals surface area contributed by atoms with Gasteiger partial charge in [-0.1, -0.05) is 39.3 Å². The Hall–Kier alpha value is -1.14. The van der Waals surface area contributed by atoms with E-state index >= 15 is 0 Å². The monoisotopic (exact) mass is 1030 g/mol. The number of rotatable bonds is 14. The number of aliphatic hydroxyl groups is 13. The smallest absolute Gasteiger partial charge is 0.187 e. The lowest BCUT2D eigenvalue weighted by Gasteiger charge is -2.58. The molecule has 22 nitrogen and oxygen atoms in total. The molecular formula is C50H82O22. The standard InChI is InChI=1S/C50H82O22/c1-20(18-64-44-39(60)37(58)35(56)30(16-51)68-44)8-13-50(63)21(2)32-29(72-50)15-27-25-7-6-23-14-24(9-11-48(23,4)26(25)10-12-49(27,32)5)67-47-43(71-46-40(61)36(57)33(54)22(3)66-46)41(62)42(31(17-52)69-47)70-45-38(59)34(55)28(53)19-65-45/h6,20-22,24-47,51-63H,7-19H2,1-5H3/t20-,21+,22+,24-,25-,26+,27+,28+,29+,30+,31+,32+,33+,34-,35+,36-,37-,38+,39+,40+,41-,42+,43+,44+,45-,46-,47+,48-,49-,50+/m1/s1. The third-order valence-corrected chi connectivity index (χ3v) is 19.1. The van der Waals surface area contributed by atoms with Gasteiger partial charge in [0.25, 0.3) is 0 Å². The van der Waals surface area contributed by atoms with Crippen molar-refractivity contribution in [3.8, 4) is 0 Å². The maximum atomic E-state index is 12.1. The van der Waals surface area contributed by atoms with Crippen LogP contribution in [0.1, 0.15) is 92.4 Å². The van der Waals surface area contributed by atoms with Crippen molar-refractivity contribution in [1.82, 2.24) is 0 Å². The molecule has 72 heavy (non-hydrogen) atoms. The Bertz CT molecular complexity index is 1860. The molecule has 0 aromatic carbocycles. The zero-order valence-corrected chi connectivity index (χ0v) is 41.8. The van der Waals surface area contributed by atoms with Crippen molar-refractivity contribution in [2.45, 2.75) is 227 Å². The molecular weight excluding hydrogens is 953 g/mol. The molecule has 5 saturated heterocycles. The molecule has 0 bridgehead atoms. The minimum absolute atomic E-state index is 0.0572. The maximum Gasteiger partial charge on any atom is 0.187 e. The molecule has 22 heteroatoms. The number of aliphatic hydroxyl groups excluding tert-OH is 12. The van der Waals surface area contributed by atoms with E-state index < -0.39 is 142 Å². The fraction of sp³-hybridized carbons (Fsp3) is 0.960. The minimum atomic E-state index is -1.75. The van der Waals surface area contributed by atoms with Gasteiger partial charge in [0, 0.05) is 12.3 Å². The third-order valence-electron chi connectivity index (χ3n) is 19.1. The summed E-state index contributed by atoms with van der Waals surface area (Å²) in [6, 6.07) is 0. The highest BCUT2D eigenvalue weighted by Gasteiger charge is 2.68. The van der Waals surface area contributed by atoms with Crippen LogP contribution in [0.5, 0.6) is 0 Å². The topological polar surface area (TPSA) is 346 Å². The van der Waals surface area contributed by atoms with Gasteiger partial charge in [-0.2, -0.15) is 0 Å². The Kier molecular flexibility index (Phi) is 16.7. The van der Waals surface area contributed by atoms with E-state index in [2.05, 4.69) is 26.8 Å². The molecule has 9 aliphatic rings. The molecule has 13 N–H and O–H groups in total. The van der Waals surface area contributed by atoms with Crippen molar-refractivity contribution >= 4 is 0 Å².